The first-order valence-electron chi connectivity index (χ1n) is 38.9. The van der Waals surface area contributed by atoms with E-state index < -0.39 is 54.7 Å². The highest BCUT2D eigenvalue weighted by molar-refractivity contribution is 6.07. The first kappa shape index (κ1) is 77.3. The monoisotopic (exact) mass is 1520 g/mol. The van der Waals surface area contributed by atoms with Gasteiger partial charge >= 0.3 is 6.09 Å². The van der Waals surface area contributed by atoms with Gasteiger partial charge in [0.05, 0.1) is 82.3 Å². The Labute approximate surface area is 650 Å². The van der Waals surface area contributed by atoms with Crippen molar-refractivity contribution >= 4 is 70.1 Å². The smallest absolute Gasteiger partial charge is 0.416 e. The van der Waals surface area contributed by atoms with Gasteiger partial charge in [-0.3, -0.25) is 38.4 Å². The van der Waals surface area contributed by atoms with E-state index in [9.17, 15) is 48.3 Å². The van der Waals surface area contributed by atoms with E-state index in [0.717, 1.165) is 81.1 Å². The highest BCUT2D eigenvalue weighted by atomic mass is 16.6. The third kappa shape index (κ3) is 16.1. The number of anilines is 2. The molecule has 1 aromatic heterocycles. The molecule has 1 saturated carbocycles. The van der Waals surface area contributed by atoms with Crippen LogP contribution in [0, 0.1) is 11.3 Å². The van der Waals surface area contributed by atoms with Crippen LogP contribution in [0.4, 0.5) is 16.2 Å². The summed E-state index contributed by atoms with van der Waals surface area (Å²) in [6.07, 6.45) is 5.21. The number of aromatic nitrogens is 3. The number of carbonyl (C=O) groups excluding carboxylic acids is 9. The SMILES string of the molecule is CC[C@H](C)[C@H](NC(=O)[C@@H]1CCCN1C(=O)CNC(=O)CCC(=O)CCC(=O)N1Cc2ccccc2-c2nnn(C(C)C)c2-c2ccccc21)C(=O)Cc1ccc(COC(=O)N2c3cc(OCCCOc4cc5c(cc4OC)C(=O)N4C=C(c6ccc(OC)cc6)C[C@H]4CC5)c(OC)cc3C(=O)N3CC4(CC4)C[C@H]3[C@@H]2O)cc1. The summed E-state index contributed by atoms with van der Waals surface area (Å²) < 4.78 is 37.4. The maximum atomic E-state index is 14.6. The Morgan fingerprint density at radius 3 is 2.12 bits per heavy atom. The molecule has 6 atom stereocenters. The van der Waals surface area contributed by atoms with E-state index in [4.69, 9.17) is 28.4 Å². The van der Waals surface area contributed by atoms with E-state index in [1.54, 1.807) is 47.2 Å². The average molecular weight is 1530 g/mol. The molecule has 7 aliphatic rings. The lowest BCUT2D eigenvalue weighted by Crippen LogP contribution is -2.54. The summed E-state index contributed by atoms with van der Waals surface area (Å²) in [7, 11) is 4.62. The molecule has 7 aromatic rings. The number of para-hydroxylation sites is 1. The van der Waals surface area contributed by atoms with Crippen molar-refractivity contribution in [2.24, 2.45) is 11.3 Å². The molecule has 586 valence electrons. The zero-order valence-corrected chi connectivity index (χ0v) is 64.4. The molecule has 14 rings (SSSR count). The number of fused-ring (bicyclic) bond motifs is 9. The van der Waals surface area contributed by atoms with Gasteiger partial charge in [0.25, 0.3) is 11.8 Å². The van der Waals surface area contributed by atoms with Crippen LogP contribution in [0.3, 0.4) is 0 Å². The van der Waals surface area contributed by atoms with Gasteiger partial charge in [0.1, 0.15) is 29.9 Å². The molecule has 3 N–H and O–H groups in total. The molecule has 112 heavy (non-hydrogen) atoms. The van der Waals surface area contributed by atoms with Crippen molar-refractivity contribution in [1.29, 1.82) is 0 Å². The fourth-order valence-corrected chi connectivity index (χ4v) is 16.4. The largest absolute Gasteiger partial charge is 0.497 e. The van der Waals surface area contributed by atoms with Gasteiger partial charge in [-0.05, 0) is 146 Å². The minimum absolute atomic E-state index is 0.00487. The molecule has 26 heteroatoms. The molecule has 0 bridgehead atoms. The van der Waals surface area contributed by atoms with Crippen molar-refractivity contribution < 1.29 is 76.7 Å². The first-order chi connectivity index (χ1) is 54.1. The molecular formula is C86H96N10O16. The van der Waals surface area contributed by atoms with Crippen LogP contribution in [0.2, 0.25) is 0 Å². The van der Waals surface area contributed by atoms with Crippen LogP contribution in [0.15, 0.2) is 128 Å². The number of aliphatic hydroxyl groups excluding tert-OH is 1. The molecule has 0 unspecified atom stereocenters. The number of aryl methyl sites for hydroxylation is 1. The van der Waals surface area contributed by atoms with Gasteiger partial charge in [0.15, 0.2) is 35.0 Å². The lowest BCUT2D eigenvalue weighted by atomic mass is 9.91. The number of ether oxygens (including phenoxy) is 6. The summed E-state index contributed by atoms with van der Waals surface area (Å²) in [5.74, 6) is -0.935. The van der Waals surface area contributed by atoms with Crippen LogP contribution in [0.5, 0.6) is 28.7 Å². The Balaban J connectivity index is 0.557. The number of aliphatic hydroxyl groups is 1. The van der Waals surface area contributed by atoms with Crippen LogP contribution in [-0.2, 0) is 59.5 Å². The normalized spacial score (nSPS) is 18.9. The fourth-order valence-electron chi connectivity index (χ4n) is 16.4. The van der Waals surface area contributed by atoms with Crippen molar-refractivity contribution in [2.75, 3.05) is 64.0 Å². The van der Waals surface area contributed by atoms with Gasteiger partial charge in [-0.25, -0.2) is 14.4 Å². The zero-order chi connectivity index (χ0) is 78.6. The maximum Gasteiger partial charge on any atom is 0.416 e. The van der Waals surface area contributed by atoms with Crippen molar-refractivity contribution in [3.05, 3.63) is 166 Å². The van der Waals surface area contributed by atoms with Gasteiger partial charge in [-0.2, -0.15) is 0 Å². The number of hydrogen-bond acceptors (Lipinski definition) is 18. The molecule has 6 aromatic carbocycles. The van der Waals surface area contributed by atoms with Crippen LogP contribution < -0.4 is 44.1 Å². The molecule has 2 saturated heterocycles. The number of ketones is 2. The number of amides is 7. The number of Topliss-reactive ketones (excluding diaryl/α,β-unsaturated/α-hetero) is 2. The summed E-state index contributed by atoms with van der Waals surface area (Å²) in [5.41, 5.74) is 9.54. The number of rotatable bonds is 28. The first-order valence-corrected chi connectivity index (χ1v) is 38.9. The molecule has 1 aliphatic carbocycles. The highest BCUT2D eigenvalue weighted by Gasteiger charge is 2.58. The summed E-state index contributed by atoms with van der Waals surface area (Å²) in [6, 6.07) is 34.3. The topological polar surface area (TPSA) is 300 Å². The minimum Gasteiger partial charge on any atom is -0.497 e. The number of hydrogen-bond donors (Lipinski definition) is 3. The Morgan fingerprint density at radius 1 is 0.705 bits per heavy atom. The Bertz CT molecular complexity index is 4820. The third-order valence-corrected chi connectivity index (χ3v) is 23.1. The summed E-state index contributed by atoms with van der Waals surface area (Å²) in [4.78, 5) is 134. The number of benzene rings is 6. The molecule has 26 nitrogen and oxygen atoms in total. The lowest BCUT2D eigenvalue weighted by molar-refractivity contribution is -0.139. The highest BCUT2D eigenvalue weighted by Crippen LogP contribution is 2.57. The van der Waals surface area contributed by atoms with Crippen molar-refractivity contribution in [1.82, 2.24) is 40.3 Å². The van der Waals surface area contributed by atoms with Gasteiger partial charge in [0, 0.05) is 92.7 Å². The second-order valence-corrected chi connectivity index (χ2v) is 30.6. The number of carbonyl (C=O) groups is 9. The van der Waals surface area contributed by atoms with Crippen LogP contribution in [0.25, 0.3) is 28.1 Å². The average Bonchev–Trinajstić information content (AvgIpc) is 1.56. The number of nitrogens with zero attached hydrogens (tertiary/aromatic N) is 8. The molecule has 7 amide bonds. The van der Waals surface area contributed by atoms with E-state index in [2.05, 4.69) is 20.9 Å². The van der Waals surface area contributed by atoms with Crippen molar-refractivity contribution in [3.8, 4) is 51.3 Å². The zero-order valence-electron chi connectivity index (χ0n) is 64.4. The van der Waals surface area contributed by atoms with Gasteiger partial charge < -0.3 is 63.8 Å². The number of methoxy groups -OCH3 is 3. The summed E-state index contributed by atoms with van der Waals surface area (Å²) in [6.45, 7) is 8.43. The van der Waals surface area contributed by atoms with Crippen LogP contribution in [-0.4, -0.2) is 172 Å². The Hall–Kier alpha value is -11.4. The molecular weight excluding hydrogens is 1430 g/mol. The third-order valence-electron chi connectivity index (χ3n) is 23.1. The predicted molar refractivity (Wildman–Crippen MR) is 415 cm³/mol. The van der Waals surface area contributed by atoms with Crippen molar-refractivity contribution in [2.45, 2.75) is 174 Å². The Kier molecular flexibility index (Phi) is 23.0. The summed E-state index contributed by atoms with van der Waals surface area (Å²) >= 11 is 0. The number of likely N-dealkylation sites (tertiary alicyclic amines) is 1. The maximum absolute atomic E-state index is 14.6. The van der Waals surface area contributed by atoms with E-state index in [1.807, 2.05) is 122 Å². The molecule has 3 fully saturated rings. The lowest BCUT2D eigenvalue weighted by Gasteiger charge is -2.31. The second kappa shape index (κ2) is 33.3. The van der Waals surface area contributed by atoms with Crippen LogP contribution in [0.1, 0.15) is 166 Å². The van der Waals surface area contributed by atoms with Gasteiger partial charge in [0.2, 0.25) is 23.6 Å². The molecule has 1 spiro atoms. The molecule has 6 aliphatic heterocycles. The fraction of sp³-hybridized carbons (Fsp3) is 0.430. The quantitative estimate of drug-likeness (QED) is 0.0384. The van der Waals surface area contributed by atoms with Crippen molar-refractivity contribution in [3.63, 3.8) is 0 Å². The number of nitrogens with one attached hydrogen (secondary N) is 2. The van der Waals surface area contributed by atoms with Gasteiger partial charge in [-0.1, -0.05) is 104 Å². The van der Waals surface area contributed by atoms with Crippen LogP contribution >= 0.6 is 0 Å². The molecule has 7 heterocycles. The molecule has 0 radical (unpaired) electrons. The van der Waals surface area contributed by atoms with E-state index in [-0.39, 0.29) is 140 Å². The standard InChI is InChI=1S/C86H96N10O16/c1-8-52(4)78(88-81(102)67-19-13-36-91(67)77(101)46-87-75(99)32-28-60(97)29-33-76(100)93-47-57-15-9-10-16-62(57)79-80(96(51(2)3)90-89-79)63-17-11-12-18-66(63)93)70(98)39-53-20-22-54(23-21-53)49-112-85(106)95-68-44-74(72(109-7)43-65(68)83(104)94-50-86(34-35-86)45-69(94)84(95)105)111-38-14-37-110-73-41-56-24-27-59-40-58(55-25-30-61(107-5)31-26-55)48-92(59)82(103)64(56)42-71(73)108-6/h9-12,15-18,20-23,25-26,30-31,41-44,48,51-52,59,67,69,78,84,105H,8,13-14,19,24,27-29,32-40,45-47,49-50H2,1-7H3,(H,87,99)(H,88,102)/t52-,59+,67-,69-,78-,84-/m0/s1. The second-order valence-electron chi connectivity index (χ2n) is 30.6. The van der Waals surface area contributed by atoms with Gasteiger partial charge in [-0.15, -0.1) is 5.10 Å². The minimum atomic E-state index is -1.48. The summed E-state index contributed by atoms with van der Waals surface area (Å²) in [5, 5.41) is 26.9. The van der Waals surface area contributed by atoms with E-state index in [0.29, 0.717) is 78.9 Å². The van der Waals surface area contributed by atoms with E-state index in [1.165, 1.54) is 31.3 Å². The predicted octanol–water partition coefficient (Wildman–Crippen LogP) is 11.2. The Morgan fingerprint density at radius 2 is 1.40 bits per heavy atom. The van der Waals surface area contributed by atoms with E-state index >= 15 is 0 Å².